The number of carboxylic acid groups (broad SMARTS) is 2. The van der Waals surface area contributed by atoms with Gasteiger partial charge in [-0.1, -0.05) is 26.7 Å². The van der Waals surface area contributed by atoms with E-state index in [2.05, 4.69) is 0 Å². The van der Waals surface area contributed by atoms with Crippen LogP contribution < -0.4 is 10.2 Å². The molecule has 0 rings (SSSR count). The van der Waals surface area contributed by atoms with E-state index in [1.165, 1.54) is 0 Å². The van der Waals surface area contributed by atoms with Gasteiger partial charge in [-0.3, -0.25) is 0 Å². The first kappa shape index (κ1) is 18.4. The van der Waals surface area contributed by atoms with Crippen molar-refractivity contribution in [1.82, 2.24) is 0 Å². The fourth-order valence-corrected chi connectivity index (χ4v) is 0.408. The molecule has 0 spiro atoms. The van der Waals surface area contributed by atoms with Crippen molar-refractivity contribution in [3.05, 3.63) is 0 Å². The molecule has 0 unspecified atom stereocenters. The fourth-order valence-electron chi connectivity index (χ4n) is 0.408. The second kappa shape index (κ2) is 14.2. The molecule has 0 atom stereocenters. The van der Waals surface area contributed by atoms with Crippen LogP contribution in [0.15, 0.2) is 0 Å². The van der Waals surface area contributed by atoms with Crippen molar-refractivity contribution in [1.29, 1.82) is 0 Å². The van der Waals surface area contributed by atoms with Gasteiger partial charge in [0.15, 0.2) is 0 Å². The van der Waals surface area contributed by atoms with Crippen molar-refractivity contribution in [3.8, 4) is 0 Å². The molecule has 0 saturated carbocycles. The normalized spacial score (nSPS) is 7.54. The van der Waals surface area contributed by atoms with Gasteiger partial charge in [0.05, 0.1) is 0 Å². The third-order valence-electron chi connectivity index (χ3n) is 0.908. The zero-order valence-corrected chi connectivity index (χ0v) is 9.52. The van der Waals surface area contributed by atoms with E-state index < -0.39 is 11.9 Å². The monoisotopic (exact) mass is 222 g/mol. The number of carbonyl (C=O) groups is 2. The Balaban J connectivity index is -0.000000143. The Morgan fingerprint density at radius 1 is 0.923 bits per heavy atom. The summed E-state index contributed by atoms with van der Waals surface area (Å²) in [6.07, 6.45) is 1.70. The Labute approximate surface area is 93.2 Å². The molecule has 0 amide bonds. The van der Waals surface area contributed by atoms with Crippen LogP contribution in [0, 0.1) is 0 Å². The smallest absolute Gasteiger partial charge is 0.550 e. The molecule has 0 bridgehead atoms. The summed E-state index contributed by atoms with van der Waals surface area (Å²) in [6.45, 7) is 3.60. The summed E-state index contributed by atoms with van der Waals surface area (Å²) in [5, 5.41) is 19.0. The van der Waals surface area contributed by atoms with E-state index in [4.69, 9.17) is 0 Å². The Bertz CT molecular complexity index is 120. The van der Waals surface area contributed by atoms with Crippen molar-refractivity contribution in [3.63, 3.8) is 0 Å². The molecule has 0 aliphatic heterocycles. The predicted molar refractivity (Wildman–Crippen MR) is 39.8 cm³/mol. The Hall–Kier alpha value is -0.346. The molecule has 0 radical (unpaired) electrons. The van der Waals surface area contributed by atoms with Crippen LogP contribution in [0.25, 0.3) is 0 Å². The predicted octanol–water partition coefficient (Wildman–Crippen LogP) is -0.930. The summed E-state index contributed by atoms with van der Waals surface area (Å²) in [5.74, 6) is -1.92. The molecule has 0 aromatic carbocycles. The van der Waals surface area contributed by atoms with E-state index in [-0.39, 0.29) is 34.6 Å². The summed E-state index contributed by atoms with van der Waals surface area (Å²) in [6, 6.07) is 0. The summed E-state index contributed by atoms with van der Waals surface area (Å²) < 4.78 is 0. The molecule has 0 fully saturated rings. The molecule has 0 saturated heterocycles. The molecule has 0 aromatic rings. The molecule has 0 aromatic heterocycles. The van der Waals surface area contributed by atoms with Gasteiger partial charge in [-0.05, 0) is 12.8 Å². The van der Waals surface area contributed by atoms with Crippen LogP contribution in [0.2, 0.25) is 0 Å². The molecule has 0 N–H and O–H groups in total. The molecule has 5 heteroatoms. The average molecular weight is 222 g/mol. The number of aliphatic carboxylic acids is 2. The third-order valence-corrected chi connectivity index (χ3v) is 0.908. The van der Waals surface area contributed by atoms with Gasteiger partial charge in [0, 0.05) is 11.9 Å². The quantitative estimate of drug-likeness (QED) is 0.575. The van der Waals surface area contributed by atoms with Crippen LogP contribution in [0.3, 0.4) is 0 Å². The SMILES string of the molecule is CCCC(=O)[O-].CCCC(=O)[O-].[Ti+4]. The first-order chi connectivity index (χ1) is 5.54. The van der Waals surface area contributed by atoms with Crippen molar-refractivity contribution in [2.45, 2.75) is 39.5 Å². The van der Waals surface area contributed by atoms with E-state index in [0.29, 0.717) is 12.8 Å². The summed E-state index contributed by atoms with van der Waals surface area (Å²) >= 11 is 0. The maximum atomic E-state index is 9.49. The van der Waals surface area contributed by atoms with Gasteiger partial charge in [0.2, 0.25) is 0 Å². The molecule has 13 heavy (non-hydrogen) atoms. The van der Waals surface area contributed by atoms with Gasteiger partial charge in [-0.25, -0.2) is 0 Å². The van der Waals surface area contributed by atoms with Crippen LogP contribution in [0.5, 0.6) is 0 Å². The minimum Gasteiger partial charge on any atom is -0.550 e. The zero-order chi connectivity index (χ0) is 9.98. The topological polar surface area (TPSA) is 80.3 Å². The van der Waals surface area contributed by atoms with Crippen LogP contribution in [-0.4, -0.2) is 11.9 Å². The number of carboxylic acids is 2. The average Bonchev–Trinajstić information content (AvgIpc) is 1.87. The Kier molecular flexibility index (Phi) is 20.1. The summed E-state index contributed by atoms with van der Waals surface area (Å²) in [5.41, 5.74) is 0. The van der Waals surface area contributed by atoms with Gasteiger partial charge in [0.1, 0.15) is 0 Å². The number of hydrogen-bond donors (Lipinski definition) is 0. The zero-order valence-electron chi connectivity index (χ0n) is 7.96. The van der Waals surface area contributed by atoms with Crippen molar-refractivity contribution >= 4 is 11.9 Å². The largest absolute Gasteiger partial charge is 4.00 e. The van der Waals surface area contributed by atoms with Crippen molar-refractivity contribution in [2.75, 3.05) is 0 Å². The van der Waals surface area contributed by atoms with E-state index in [9.17, 15) is 19.8 Å². The van der Waals surface area contributed by atoms with Gasteiger partial charge in [-0.2, -0.15) is 0 Å². The van der Waals surface area contributed by atoms with E-state index in [1.54, 1.807) is 13.8 Å². The molecule has 72 valence electrons. The van der Waals surface area contributed by atoms with Crippen LogP contribution in [0.1, 0.15) is 39.5 Å². The second-order valence-corrected chi connectivity index (χ2v) is 2.24. The Morgan fingerprint density at radius 2 is 1.15 bits per heavy atom. The first-order valence-electron chi connectivity index (χ1n) is 3.94. The standard InChI is InChI=1S/2C4H8O2.Ti/c2*1-2-3-4(5)6;/h2*2-3H2,1H3,(H,5,6);/q;;+4/p-2. The Morgan fingerprint density at radius 3 is 1.15 bits per heavy atom. The molecule has 4 nitrogen and oxygen atoms in total. The van der Waals surface area contributed by atoms with Gasteiger partial charge in [0.25, 0.3) is 0 Å². The van der Waals surface area contributed by atoms with Gasteiger partial charge >= 0.3 is 21.7 Å². The number of carbonyl (C=O) groups excluding carboxylic acids is 2. The molecule has 0 aliphatic carbocycles. The minimum absolute atomic E-state index is 0. The number of hydrogen-bond acceptors (Lipinski definition) is 4. The second-order valence-electron chi connectivity index (χ2n) is 2.24. The van der Waals surface area contributed by atoms with E-state index in [0.717, 1.165) is 0 Å². The molecule has 0 heterocycles. The summed E-state index contributed by atoms with van der Waals surface area (Å²) in [4.78, 5) is 19.0. The minimum atomic E-state index is -0.961. The maximum Gasteiger partial charge on any atom is 4.00 e. The molecule has 0 aliphatic rings. The molecular formula is C8H14O4Ti+2. The fraction of sp³-hybridized carbons (Fsp3) is 0.750. The molecular weight excluding hydrogens is 208 g/mol. The van der Waals surface area contributed by atoms with Crippen LogP contribution >= 0.6 is 0 Å². The summed E-state index contributed by atoms with van der Waals surface area (Å²) in [7, 11) is 0. The third kappa shape index (κ3) is 34.0. The van der Waals surface area contributed by atoms with Crippen molar-refractivity contribution in [2.24, 2.45) is 0 Å². The van der Waals surface area contributed by atoms with Gasteiger partial charge < -0.3 is 19.8 Å². The van der Waals surface area contributed by atoms with Crippen molar-refractivity contribution < 1.29 is 41.5 Å². The van der Waals surface area contributed by atoms with Crippen LogP contribution in [0.4, 0.5) is 0 Å². The number of rotatable bonds is 4. The van der Waals surface area contributed by atoms with E-state index >= 15 is 0 Å². The van der Waals surface area contributed by atoms with Crippen LogP contribution in [-0.2, 0) is 31.3 Å². The van der Waals surface area contributed by atoms with E-state index in [1.807, 2.05) is 0 Å². The first-order valence-corrected chi connectivity index (χ1v) is 3.94. The van der Waals surface area contributed by atoms with Gasteiger partial charge in [-0.15, -0.1) is 0 Å². The maximum absolute atomic E-state index is 9.49.